The molecule has 1 amide bonds. The molecular weight excluding hydrogens is 334 g/mol. The zero-order valence-corrected chi connectivity index (χ0v) is 13.6. The van der Waals surface area contributed by atoms with Gasteiger partial charge in [0.1, 0.15) is 0 Å². The Hall–Kier alpha value is -1.62. The Balaban J connectivity index is 2.08. The number of likely N-dealkylation sites (tertiary alicyclic amines) is 1. The molecule has 0 saturated carbocycles. The van der Waals surface area contributed by atoms with Gasteiger partial charge in [0.05, 0.1) is 12.7 Å². The molecule has 0 atom stereocenters. The molecule has 1 aliphatic rings. The fourth-order valence-electron chi connectivity index (χ4n) is 2.31. The van der Waals surface area contributed by atoms with Crippen molar-refractivity contribution in [3.63, 3.8) is 0 Å². The maximum atomic E-state index is 11.7. The van der Waals surface area contributed by atoms with E-state index < -0.39 is 0 Å². The maximum Gasteiger partial charge on any atom is 0.337 e. The lowest BCUT2D eigenvalue weighted by Gasteiger charge is -2.16. The summed E-state index contributed by atoms with van der Waals surface area (Å²) in [5.74, 6) is -0.114. The summed E-state index contributed by atoms with van der Waals surface area (Å²) in [6, 6.07) is 7.23. The molecule has 21 heavy (non-hydrogen) atoms. The molecule has 1 aliphatic heterocycles. The van der Waals surface area contributed by atoms with Crippen molar-refractivity contribution in [2.45, 2.75) is 12.8 Å². The van der Waals surface area contributed by atoms with E-state index in [9.17, 15) is 9.59 Å². The van der Waals surface area contributed by atoms with E-state index in [4.69, 9.17) is 0 Å². The van der Waals surface area contributed by atoms with Crippen molar-refractivity contribution in [2.75, 3.05) is 25.5 Å². The van der Waals surface area contributed by atoms with Crippen molar-refractivity contribution in [3.05, 3.63) is 41.0 Å². The summed E-state index contributed by atoms with van der Waals surface area (Å²) in [6.07, 6.45) is 3.65. The number of carbonyl (C=O) groups is 2. The minimum absolute atomic E-state index is 0.225. The van der Waals surface area contributed by atoms with Crippen LogP contribution in [0.25, 0.3) is 6.08 Å². The first-order valence-electron chi connectivity index (χ1n) is 6.85. The predicted molar refractivity (Wildman–Crippen MR) is 85.4 cm³/mol. The third-order valence-corrected chi connectivity index (χ3v) is 4.16. The zero-order valence-electron chi connectivity index (χ0n) is 12.0. The van der Waals surface area contributed by atoms with E-state index in [0.717, 1.165) is 29.4 Å². The quantitative estimate of drug-likeness (QED) is 0.605. The second-order valence-corrected chi connectivity index (χ2v) is 5.53. The molecule has 1 aromatic rings. The smallest absolute Gasteiger partial charge is 0.337 e. The molecule has 1 heterocycles. The van der Waals surface area contributed by atoms with Crippen LogP contribution < -0.4 is 0 Å². The molecule has 0 aromatic heterocycles. The number of amides is 1. The van der Waals surface area contributed by atoms with Gasteiger partial charge in [-0.05, 0) is 29.7 Å². The monoisotopic (exact) mass is 351 g/mol. The minimum atomic E-state index is -0.339. The summed E-state index contributed by atoms with van der Waals surface area (Å²) in [5.41, 5.74) is 2.67. The highest BCUT2D eigenvalue weighted by Crippen LogP contribution is 2.16. The lowest BCUT2D eigenvalue weighted by molar-refractivity contribution is -0.127. The fraction of sp³-hybridized carbons (Fsp3) is 0.375. The lowest BCUT2D eigenvalue weighted by Crippen LogP contribution is -2.27. The average Bonchev–Trinajstić information content (AvgIpc) is 2.91. The number of benzene rings is 1. The molecule has 0 aliphatic carbocycles. The molecule has 0 radical (unpaired) electrons. The second-order valence-electron chi connectivity index (χ2n) is 4.97. The summed E-state index contributed by atoms with van der Waals surface area (Å²) in [7, 11) is 1.37. The van der Waals surface area contributed by atoms with Gasteiger partial charge in [-0.2, -0.15) is 0 Å². The summed E-state index contributed by atoms with van der Waals surface area (Å²) < 4.78 is 4.67. The Morgan fingerprint density at radius 1 is 1.38 bits per heavy atom. The van der Waals surface area contributed by atoms with Gasteiger partial charge in [0.15, 0.2) is 0 Å². The van der Waals surface area contributed by atoms with Crippen molar-refractivity contribution >= 4 is 33.9 Å². The van der Waals surface area contributed by atoms with Gasteiger partial charge in [0, 0.05) is 24.8 Å². The van der Waals surface area contributed by atoms with E-state index in [0.29, 0.717) is 18.5 Å². The van der Waals surface area contributed by atoms with Gasteiger partial charge < -0.3 is 9.64 Å². The highest BCUT2D eigenvalue weighted by Gasteiger charge is 2.20. The van der Waals surface area contributed by atoms with Crippen molar-refractivity contribution in [1.29, 1.82) is 0 Å². The molecule has 5 heteroatoms. The van der Waals surface area contributed by atoms with E-state index in [2.05, 4.69) is 20.7 Å². The van der Waals surface area contributed by atoms with Crippen molar-refractivity contribution in [3.8, 4) is 0 Å². The second kappa shape index (κ2) is 7.41. The van der Waals surface area contributed by atoms with Crippen molar-refractivity contribution in [2.24, 2.45) is 0 Å². The van der Waals surface area contributed by atoms with Crippen molar-refractivity contribution in [1.82, 2.24) is 4.90 Å². The zero-order chi connectivity index (χ0) is 15.2. The number of alkyl halides is 1. The van der Waals surface area contributed by atoms with Crippen LogP contribution in [0, 0.1) is 0 Å². The van der Waals surface area contributed by atoms with Crippen LogP contribution in [0.5, 0.6) is 0 Å². The van der Waals surface area contributed by atoms with Crippen LogP contribution in [0.15, 0.2) is 29.8 Å². The van der Waals surface area contributed by atoms with Gasteiger partial charge in [-0.15, -0.1) is 0 Å². The number of hydrogen-bond acceptors (Lipinski definition) is 3. The number of hydrogen-bond donors (Lipinski definition) is 0. The van der Waals surface area contributed by atoms with Gasteiger partial charge in [0.2, 0.25) is 5.91 Å². The van der Waals surface area contributed by atoms with E-state index in [1.54, 1.807) is 12.1 Å². The number of methoxy groups -OCH3 is 1. The third kappa shape index (κ3) is 4.17. The maximum absolute atomic E-state index is 11.7. The van der Waals surface area contributed by atoms with Gasteiger partial charge in [-0.1, -0.05) is 34.1 Å². The van der Waals surface area contributed by atoms with Crippen LogP contribution in [-0.2, 0) is 9.53 Å². The molecule has 2 rings (SSSR count). The summed E-state index contributed by atoms with van der Waals surface area (Å²) >= 11 is 3.47. The number of halogens is 1. The topological polar surface area (TPSA) is 46.6 Å². The lowest BCUT2D eigenvalue weighted by atomic mass is 10.1. The first-order valence-corrected chi connectivity index (χ1v) is 7.97. The largest absolute Gasteiger partial charge is 0.465 e. The van der Waals surface area contributed by atoms with Crippen LogP contribution in [0.3, 0.4) is 0 Å². The number of esters is 1. The number of carbonyl (C=O) groups excluding carboxylic acids is 2. The van der Waals surface area contributed by atoms with Crippen LogP contribution in [0.4, 0.5) is 0 Å². The van der Waals surface area contributed by atoms with Gasteiger partial charge >= 0.3 is 5.97 Å². The Morgan fingerprint density at radius 2 is 2.10 bits per heavy atom. The van der Waals surface area contributed by atoms with E-state index >= 15 is 0 Å². The van der Waals surface area contributed by atoms with Gasteiger partial charge in [0.25, 0.3) is 0 Å². The standard InChI is InChI=1S/C16H18BrNO3/c1-21-16(20)14-6-4-12(5-7-14)9-13(10-17)11-18-8-2-3-15(18)19/h4-7,9H,2-3,8,10-11H2,1H3/b13-9+. The first kappa shape index (κ1) is 15.8. The minimum Gasteiger partial charge on any atom is -0.465 e. The van der Waals surface area contributed by atoms with Crippen molar-refractivity contribution < 1.29 is 14.3 Å². The van der Waals surface area contributed by atoms with Gasteiger partial charge in [-0.3, -0.25) is 4.79 Å². The molecule has 4 nitrogen and oxygen atoms in total. The summed E-state index contributed by atoms with van der Waals surface area (Å²) in [4.78, 5) is 24.9. The molecule has 1 saturated heterocycles. The number of ether oxygens (including phenoxy) is 1. The fourth-order valence-corrected chi connectivity index (χ4v) is 2.65. The SMILES string of the molecule is COC(=O)c1ccc(/C=C(\CBr)CN2CCCC2=O)cc1. The summed E-state index contributed by atoms with van der Waals surface area (Å²) in [6.45, 7) is 1.49. The summed E-state index contributed by atoms with van der Waals surface area (Å²) in [5, 5.41) is 0.718. The molecule has 1 fully saturated rings. The number of nitrogens with zero attached hydrogens (tertiary/aromatic N) is 1. The Kier molecular flexibility index (Phi) is 5.56. The molecule has 1 aromatic carbocycles. The van der Waals surface area contributed by atoms with Crippen LogP contribution >= 0.6 is 15.9 Å². The molecule has 0 bridgehead atoms. The third-order valence-electron chi connectivity index (χ3n) is 3.44. The Morgan fingerprint density at radius 3 is 2.62 bits per heavy atom. The first-order chi connectivity index (χ1) is 10.1. The van der Waals surface area contributed by atoms with E-state index in [-0.39, 0.29) is 11.9 Å². The van der Waals surface area contributed by atoms with Crippen LogP contribution in [0.2, 0.25) is 0 Å². The number of rotatable bonds is 5. The van der Waals surface area contributed by atoms with Crippen LogP contribution in [0.1, 0.15) is 28.8 Å². The normalized spacial score (nSPS) is 15.4. The molecule has 0 spiro atoms. The Bertz CT molecular complexity index is 551. The predicted octanol–water partition coefficient (Wildman–Crippen LogP) is 2.87. The van der Waals surface area contributed by atoms with Gasteiger partial charge in [-0.25, -0.2) is 4.79 Å². The molecule has 112 valence electrons. The molecular formula is C16H18BrNO3. The molecule has 0 unspecified atom stereocenters. The average molecular weight is 352 g/mol. The highest BCUT2D eigenvalue weighted by atomic mass is 79.9. The van der Waals surface area contributed by atoms with E-state index in [1.165, 1.54) is 7.11 Å². The highest BCUT2D eigenvalue weighted by molar-refractivity contribution is 9.09. The van der Waals surface area contributed by atoms with Crippen LogP contribution in [-0.4, -0.2) is 42.3 Å². The van der Waals surface area contributed by atoms with E-state index in [1.807, 2.05) is 23.1 Å². The molecule has 0 N–H and O–H groups in total. The Labute approximate surface area is 132 Å².